The van der Waals surface area contributed by atoms with Crippen molar-refractivity contribution in [2.24, 2.45) is 0 Å². The minimum atomic E-state index is -0.0565. The fourth-order valence-electron chi connectivity index (χ4n) is 3.20. The number of nitrogens with one attached hydrogen (secondary N) is 1. The molecule has 0 fully saturated rings. The fourth-order valence-corrected chi connectivity index (χ4v) is 4.49. The van der Waals surface area contributed by atoms with E-state index in [1.165, 1.54) is 23.1 Å². The van der Waals surface area contributed by atoms with Crippen molar-refractivity contribution in [2.75, 3.05) is 11.6 Å². The van der Waals surface area contributed by atoms with Crippen LogP contribution in [0.1, 0.15) is 28.9 Å². The molecule has 0 spiro atoms. The Hall–Kier alpha value is -2.52. The van der Waals surface area contributed by atoms with Gasteiger partial charge in [-0.15, -0.1) is 5.10 Å². The highest BCUT2D eigenvalue weighted by molar-refractivity contribution is 7.98. The van der Waals surface area contributed by atoms with Crippen LogP contribution in [0.2, 0.25) is 0 Å². The lowest BCUT2D eigenvalue weighted by molar-refractivity contribution is -0.116. The predicted octanol–water partition coefficient (Wildman–Crippen LogP) is 3.95. The number of anilines is 1. The van der Waals surface area contributed by atoms with E-state index in [0.717, 1.165) is 32.7 Å². The number of thioether (sulfide) groups is 1. The summed E-state index contributed by atoms with van der Waals surface area (Å²) in [6.07, 6.45) is 2.88. The maximum absolute atomic E-state index is 12.5. The number of fused-ring (bicyclic) bond motifs is 2. The van der Waals surface area contributed by atoms with E-state index in [4.69, 9.17) is 0 Å². The SMILES string of the molecule is CSc1nc2nc(C)c(CCC(=O)Nc3nc4c(C)cccc4s3)c(C)n2n1. The topological polar surface area (TPSA) is 85.1 Å². The smallest absolute Gasteiger partial charge is 0.253 e. The molecule has 28 heavy (non-hydrogen) atoms. The average Bonchev–Trinajstić information content (AvgIpc) is 3.25. The Kier molecular flexibility index (Phi) is 5.03. The van der Waals surface area contributed by atoms with Gasteiger partial charge in [-0.25, -0.2) is 14.5 Å². The molecule has 0 unspecified atom stereocenters. The number of nitrogens with zero attached hydrogens (tertiary/aromatic N) is 5. The van der Waals surface area contributed by atoms with Gasteiger partial charge in [-0.3, -0.25) is 4.79 Å². The van der Waals surface area contributed by atoms with Gasteiger partial charge in [0.05, 0.1) is 10.2 Å². The number of carbonyl (C=O) groups excluding carboxylic acids is 1. The van der Waals surface area contributed by atoms with Gasteiger partial charge in [0.15, 0.2) is 5.13 Å². The molecule has 3 heterocycles. The molecule has 0 saturated carbocycles. The summed E-state index contributed by atoms with van der Waals surface area (Å²) in [5.74, 6) is 0.538. The number of benzene rings is 1. The molecule has 4 rings (SSSR count). The lowest BCUT2D eigenvalue weighted by Crippen LogP contribution is -2.14. The van der Waals surface area contributed by atoms with E-state index in [2.05, 4.69) is 25.4 Å². The van der Waals surface area contributed by atoms with Crippen molar-refractivity contribution in [3.05, 3.63) is 40.7 Å². The van der Waals surface area contributed by atoms with Gasteiger partial charge in [-0.05, 0) is 50.6 Å². The van der Waals surface area contributed by atoms with Crippen molar-refractivity contribution in [3.63, 3.8) is 0 Å². The number of hydrogen-bond acceptors (Lipinski definition) is 7. The maximum Gasteiger partial charge on any atom is 0.253 e. The van der Waals surface area contributed by atoms with Crippen molar-refractivity contribution in [1.29, 1.82) is 0 Å². The predicted molar refractivity (Wildman–Crippen MR) is 113 cm³/mol. The van der Waals surface area contributed by atoms with E-state index in [1.807, 2.05) is 45.2 Å². The summed E-state index contributed by atoms with van der Waals surface area (Å²) in [7, 11) is 0. The molecule has 0 bridgehead atoms. The standard InChI is InChI=1S/C19H20N6OS2/c1-10-6-5-7-14-16(10)22-18(28-14)21-15(26)9-8-13-11(2)20-17-23-19(27-4)24-25(17)12(13)3/h5-7H,8-9H2,1-4H3,(H,21,22,26). The van der Waals surface area contributed by atoms with Crippen LogP contribution in [0.25, 0.3) is 16.0 Å². The molecule has 9 heteroatoms. The Bertz CT molecular complexity index is 1200. The minimum Gasteiger partial charge on any atom is -0.302 e. The number of rotatable bonds is 5. The lowest BCUT2D eigenvalue weighted by atomic mass is 10.1. The zero-order valence-electron chi connectivity index (χ0n) is 16.1. The molecule has 0 atom stereocenters. The first-order valence-corrected chi connectivity index (χ1v) is 10.9. The summed E-state index contributed by atoms with van der Waals surface area (Å²) in [6, 6.07) is 6.04. The second-order valence-electron chi connectivity index (χ2n) is 6.56. The zero-order valence-corrected chi connectivity index (χ0v) is 17.7. The summed E-state index contributed by atoms with van der Waals surface area (Å²) < 4.78 is 2.83. The first kappa shape index (κ1) is 18.8. The van der Waals surface area contributed by atoms with Crippen LogP contribution in [0.3, 0.4) is 0 Å². The third-order valence-corrected chi connectivity index (χ3v) is 6.16. The van der Waals surface area contributed by atoms with Gasteiger partial charge < -0.3 is 5.32 Å². The molecule has 0 aliphatic heterocycles. The number of hydrogen-bond donors (Lipinski definition) is 1. The maximum atomic E-state index is 12.5. The van der Waals surface area contributed by atoms with Crippen LogP contribution >= 0.6 is 23.1 Å². The number of thiazole rings is 1. The highest BCUT2D eigenvalue weighted by Crippen LogP contribution is 2.28. The van der Waals surface area contributed by atoms with Crippen LogP contribution in [0.4, 0.5) is 5.13 Å². The van der Waals surface area contributed by atoms with Crippen LogP contribution in [-0.4, -0.2) is 36.7 Å². The number of aryl methyl sites for hydroxylation is 3. The van der Waals surface area contributed by atoms with Gasteiger partial charge in [0.25, 0.3) is 5.78 Å². The van der Waals surface area contributed by atoms with Crippen molar-refractivity contribution < 1.29 is 4.79 Å². The van der Waals surface area contributed by atoms with Crippen LogP contribution in [0.15, 0.2) is 23.4 Å². The molecule has 1 N–H and O–H groups in total. The first-order valence-electron chi connectivity index (χ1n) is 8.89. The monoisotopic (exact) mass is 412 g/mol. The molecule has 1 amide bonds. The molecular weight excluding hydrogens is 392 g/mol. The Morgan fingerprint density at radius 2 is 2.04 bits per heavy atom. The first-order chi connectivity index (χ1) is 13.5. The molecule has 1 aromatic carbocycles. The molecule has 0 saturated heterocycles. The van der Waals surface area contributed by atoms with E-state index in [0.29, 0.717) is 28.9 Å². The third kappa shape index (κ3) is 3.47. The lowest BCUT2D eigenvalue weighted by Gasteiger charge is -2.10. The molecule has 0 aliphatic rings. The van der Waals surface area contributed by atoms with Crippen LogP contribution in [0.5, 0.6) is 0 Å². The molecule has 0 radical (unpaired) electrons. The van der Waals surface area contributed by atoms with Crippen molar-refractivity contribution in [2.45, 2.75) is 38.8 Å². The van der Waals surface area contributed by atoms with Gasteiger partial charge in [0, 0.05) is 17.8 Å². The molecular formula is C19H20N6OS2. The van der Waals surface area contributed by atoms with Gasteiger partial charge >= 0.3 is 0 Å². The Balaban J connectivity index is 1.50. The number of carbonyl (C=O) groups is 1. The third-order valence-electron chi connectivity index (χ3n) is 4.68. The van der Waals surface area contributed by atoms with Crippen LogP contribution in [0, 0.1) is 20.8 Å². The second kappa shape index (κ2) is 7.48. The van der Waals surface area contributed by atoms with Gasteiger partial charge in [0.2, 0.25) is 11.1 Å². The van der Waals surface area contributed by atoms with Gasteiger partial charge in [0.1, 0.15) is 0 Å². The van der Waals surface area contributed by atoms with Crippen molar-refractivity contribution in [3.8, 4) is 0 Å². The normalized spacial score (nSPS) is 11.4. The molecule has 3 aromatic heterocycles. The molecule has 4 aromatic rings. The van der Waals surface area contributed by atoms with Crippen molar-refractivity contribution in [1.82, 2.24) is 24.6 Å². The minimum absolute atomic E-state index is 0.0565. The summed E-state index contributed by atoms with van der Waals surface area (Å²) in [4.78, 5) is 26.0. The average molecular weight is 413 g/mol. The van der Waals surface area contributed by atoms with E-state index < -0.39 is 0 Å². The Morgan fingerprint density at radius 3 is 2.79 bits per heavy atom. The Labute approximate surface area is 170 Å². The van der Waals surface area contributed by atoms with Gasteiger partial charge in [-0.1, -0.05) is 35.2 Å². The highest BCUT2D eigenvalue weighted by atomic mass is 32.2. The second-order valence-corrected chi connectivity index (χ2v) is 8.36. The molecule has 0 aliphatic carbocycles. The quantitative estimate of drug-likeness (QED) is 0.500. The fraction of sp³-hybridized carbons (Fsp3) is 0.316. The van der Waals surface area contributed by atoms with E-state index >= 15 is 0 Å². The van der Waals surface area contributed by atoms with Crippen molar-refractivity contribution >= 4 is 50.1 Å². The van der Waals surface area contributed by atoms with E-state index in [9.17, 15) is 4.79 Å². The number of amides is 1. The summed E-state index contributed by atoms with van der Waals surface area (Å²) >= 11 is 2.98. The summed E-state index contributed by atoms with van der Waals surface area (Å²) in [6.45, 7) is 5.96. The zero-order chi connectivity index (χ0) is 19.8. The Morgan fingerprint density at radius 1 is 1.21 bits per heavy atom. The largest absolute Gasteiger partial charge is 0.302 e. The summed E-state index contributed by atoms with van der Waals surface area (Å²) in [5, 5.41) is 8.71. The molecule has 7 nitrogen and oxygen atoms in total. The van der Waals surface area contributed by atoms with E-state index in [-0.39, 0.29) is 5.91 Å². The molecule has 144 valence electrons. The van der Waals surface area contributed by atoms with E-state index in [1.54, 1.807) is 4.52 Å². The summed E-state index contributed by atoms with van der Waals surface area (Å²) in [5.41, 5.74) is 4.93. The van der Waals surface area contributed by atoms with Gasteiger partial charge in [-0.2, -0.15) is 4.98 Å². The van der Waals surface area contributed by atoms with Crippen LogP contribution < -0.4 is 5.32 Å². The van der Waals surface area contributed by atoms with Crippen LogP contribution in [-0.2, 0) is 11.2 Å². The number of para-hydroxylation sites is 1. The highest BCUT2D eigenvalue weighted by Gasteiger charge is 2.15. The number of aromatic nitrogens is 5.